The molecule has 4 aromatic rings. The van der Waals surface area contributed by atoms with E-state index in [0.29, 0.717) is 22.6 Å². The van der Waals surface area contributed by atoms with E-state index in [-0.39, 0.29) is 30.7 Å². The number of pyridine rings is 1. The molecule has 10 nitrogen and oxygen atoms in total. The van der Waals surface area contributed by atoms with Crippen LogP contribution in [0.3, 0.4) is 0 Å². The number of aliphatic hydroxyl groups is 2. The van der Waals surface area contributed by atoms with E-state index in [4.69, 9.17) is 9.26 Å². The standard InChI is InChI=1S/C23H23F2N5O5.C2H5F/c1-12-3-4-14(22-28-20(35-29-22)9-18(32)21(24)25)7-16(12)27-23(33)17-10-26-19-8-15(5-6-30(17)19)34-11-13(2)31;1-2-3/h3-8,10,13,18,21,31-32H,9,11H2,1-2H3,(H,27,33);2H2,1H3. The van der Waals surface area contributed by atoms with Gasteiger partial charge in [-0.05, 0) is 38.5 Å². The Bertz CT molecular complexity index is 1360. The van der Waals surface area contributed by atoms with Gasteiger partial charge in [-0.15, -0.1) is 0 Å². The number of nitrogens with one attached hydrogen (secondary N) is 1. The van der Waals surface area contributed by atoms with Crippen LogP contribution >= 0.6 is 0 Å². The van der Waals surface area contributed by atoms with Gasteiger partial charge in [0.2, 0.25) is 11.7 Å². The number of aryl methyl sites for hydroxylation is 1. The molecule has 1 amide bonds. The Balaban J connectivity index is 0.00000127. The second kappa shape index (κ2) is 13.0. The molecule has 38 heavy (non-hydrogen) atoms. The third-order valence-electron chi connectivity index (χ3n) is 5.10. The first-order valence-electron chi connectivity index (χ1n) is 11.7. The van der Waals surface area contributed by atoms with Gasteiger partial charge in [-0.25, -0.2) is 13.8 Å². The van der Waals surface area contributed by atoms with Crippen molar-refractivity contribution in [1.29, 1.82) is 0 Å². The highest BCUT2D eigenvalue weighted by atomic mass is 19.3. The summed E-state index contributed by atoms with van der Waals surface area (Å²) in [5.41, 5.74) is 2.52. The number of ether oxygens (including phenoxy) is 1. The Kier molecular flexibility index (Phi) is 9.79. The number of anilines is 1. The molecule has 1 aromatic carbocycles. The number of carbonyl (C=O) groups excluding carboxylic acids is 1. The third kappa shape index (κ3) is 7.29. The number of rotatable bonds is 9. The SMILES string of the molecule is CCF.Cc1ccc(-c2noc(CC(O)C(F)F)n2)cc1NC(=O)c1cnc2cc(OCC(C)O)ccn12. The minimum absolute atomic E-state index is 0.124. The van der Waals surface area contributed by atoms with Gasteiger partial charge in [-0.3, -0.25) is 13.6 Å². The highest BCUT2D eigenvalue weighted by Crippen LogP contribution is 2.25. The van der Waals surface area contributed by atoms with E-state index in [1.807, 2.05) is 0 Å². The Labute approximate surface area is 216 Å². The topological polar surface area (TPSA) is 135 Å². The van der Waals surface area contributed by atoms with Crippen molar-refractivity contribution in [2.45, 2.75) is 45.8 Å². The molecule has 0 saturated carbocycles. The average molecular weight is 536 g/mol. The Hall–Kier alpha value is -3.97. The van der Waals surface area contributed by atoms with E-state index in [9.17, 15) is 28.2 Å². The van der Waals surface area contributed by atoms with Gasteiger partial charge < -0.3 is 24.8 Å². The highest BCUT2D eigenvalue weighted by Gasteiger charge is 2.21. The van der Waals surface area contributed by atoms with Crippen molar-refractivity contribution >= 4 is 17.2 Å². The Morgan fingerprint density at radius 2 is 1.97 bits per heavy atom. The van der Waals surface area contributed by atoms with Gasteiger partial charge in [0.05, 0.1) is 25.4 Å². The lowest BCUT2D eigenvalue weighted by Crippen LogP contribution is -2.20. The van der Waals surface area contributed by atoms with Crippen LogP contribution in [0, 0.1) is 6.92 Å². The molecule has 204 valence electrons. The quantitative estimate of drug-likeness (QED) is 0.294. The summed E-state index contributed by atoms with van der Waals surface area (Å²) in [6.07, 6.45) is -2.83. The number of halogens is 3. The predicted molar refractivity (Wildman–Crippen MR) is 132 cm³/mol. The van der Waals surface area contributed by atoms with Crippen LogP contribution in [0.4, 0.5) is 18.9 Å². The number of nitrogens with zero attached hydrogens (tertiary/aromatic N) is 4. The van der Waals surface area contributed by atoms with Crippen molar-refractivity contribution < 1.29 is 37.4 Å². The number of aliphatic hydroxyl groups excluding tert-OH is 2. The van der Waals surface area contributed by atoms with Crippen molar-refractivity contribution in [2.75, 3.05) is 18.6 Å². The van der Waals surface area contributed by atoms with Crippen molar-refractivity contribution in [3.63, 3.8) is 0 Å². The maximum atomic E-state index is 13.0. The minimum atomic E-state index is -2.92. The molecule has 13 heteroatoms. The maximum Gasteiger partial charge on any atom is 0.274 e. The third-order valence-corrected chi connectivity index (χ3v) is 5.10. The second-order valence-electron chi connectivity index (χ2n) is 8.26. The molecule has 0 bridgehead atoms. The van der Waals surface area contributed by atoms with E-state index in [2.05, 4.69) is 20.4 Å². The summed E-state index contributed by atoms with van der Waals surface area (Å²) in [7, 11) is 0. The van der Waals surface area contributed by atoms with Crippen molar-refractivity contribution in [3.05, 3.63) is 59.9 Å². The fraction of sp³-hybridized carbons (Fsp3) is 0.360. The number of hydrogen-bond acceptors (Lipinski definition) is 8. The normalized spacial score (nSPS) is 12.7. The molecule has 4 rings (SSSR count). The number of imidazole rings is 1. The molecule has 3 heterocycles. The molecule has 0 saturated heterocycles. The lowest BCUT2D eigenvalue weighted by atomic mass is 10.1. The summed E-state index contributed by atoms with van der Waals surface area (Å²) in [5, 5.41) is 25.3. The fourth-order valence-electron chi connectivity index (χ4n) is 3.24. The zero-order chi connectivity index (χ0) is 27.8. The van der Waals surface area contributed by atoms with Gasteiger partial charge in [0.25, 0.3) is 12.3 Å². The summed E-state index contributed by atoms with van der Waals surface area (Å²) < 4.78 is 47.4. The van der Waals surface area contributed by atoms with Crippen molar-refractivity contribution in [2.24, 2.45) is 0 Å². The molecular formula is C25H28F3N5O5. The zero-order valence-electron chi connectivity index (χ0n) is 20.9. The number of amides is 1. The predicted octanol–water partition coefficient (Wildman–Crippen LogP) is 3.85. The monoisotopic (exact) mass is 535 g/mol. The molecule has 0 aliphatic heterocycles. The van der Waals surface area contributed by atoms with Gasteiger partial charge in [0.15, 0.2) is 0 Å². The summed E-state index contributed by atoms with van der Waals surface area (Å²) in [4.78, 5) is 21.3. The smallest absolute Gasteiger partial charge is 0.274 e. The van der Waals surface area contributed by atoms with Crippen molar-refractivity contribution in [3.8, 4) is 17.1 Å². The fourth-order valence-corrected chi connectivity index (χ4v) is 3.24. The average Bonchev–Trinajstić information content (AvgIpc) is 3.51. The number of benzene rings is 1. The van der Waals surface area contributed by atoms with Gasteiger partial charge in [-0.1, -0.05) is 17.3 Å². The van der Waals surface area contributed by atoms with Crippen molar-refractivity contribution in [1.82, 2.24) is 19.5 Å². The van der Waals surface area contributed by atoms with E-state index >= 15 is 0 Å². The molecule has 3 aromatic heterocycles. The lowest BCUT2D eigenvalue weighted by molar-refractivity contribution is -0.00754. The minimum Gasteiger partial charge on any atom is -0.491 e. The maximum absolute atomic E-state index is 13.0. The molecule has 0 radical (unpaired) electrons. The van der Waals surface area contributed by atoms with Crippen LogP contribution in [0.15, 0.2) is 47.2 Å². The lowest BCUT2D eigenvalue weighted by Gasteiger charge is -2.10. The largest absolute Gasteiger partial charge is 0.491 e. The summed E-state index contributed by atoms with van der Waals surface area (Å²) in [5.74, 6) is 0.113. The van der Waals surface area contributed by atoms with Crippen LogP contribution < -0.4 is 10.1 Å². The Morgan fingerprint density at radius 1 is 1.24 bits per heavy atom. The summed E-state index contributed by atoms with van der Waals surface area (Å²) in [6.45, 7) is 4.76. The van der Waals surface area contributed by atoms with Gasteiger partial charge >= 0.3 is 0 Å². The first-order chi connectivity index (χ1) is 18.1. The van der Waals surface area contributed by atoms with Crippen LogP contribution in [0.25, 0.3) is 17.0 Å². The first-order valence-corrected chi connectivity index (χ1v) is 11.7. The molecule has 0 fully saturated rings. The zero-order valence-corrected chi connectivity index (χ0v) is 20.9. The number of fused-ring (bicyclic) bond motifs is 1. The number of alkyl halides is 3. The molecule has 2 atom stereocenters. The van der Waals surface area contributed by atoms with Gasteiger partial charge in [-0.2, -0.15) is 4.98 Å². The van der Waals surface area contributed by atoms with Crippen LogP contribution in [0.5, 0.6) is 5.75 Å². The van der Waals surface area contributed by atoms with Crippen LogP contribution in [0.2, 0.25) is 0 Å². The second-order valence-corrected chi connectivity index (χ2v) is 8.26. The number of carbonyl (C=O) groups is 1. The molecule has 3 N–H and O–H groups in total. The Morgan fingerprint density at radius 3 is 2.66 bits per heavy atom. The molecule has 0 aliphatic rings. The molecular weight excluding hydrogens is 507 g/mol. The van der Waals surface area contributed by atoms with E-state index < -0.39 is 31.0 Å². The van der Waals surface area contributed by atoms with E-state index in [1.54, 1.807) is 54.8 Å². The molecule has 0 aliphatic carbocycles. The van der Waals surface area contributed by atoms with E-state index in [1.165, 1.54) is 13.1 Å². The number of hydrogen-bond donors (Lipinski definition) is 3. The highest BCUT2D eigenvalue weighted by molar-refractivity contribution is 6.04. The summed E-state index contributed by atoms with van der Waals surface area (Å²) >= 11 is 0. The number of aromatic nitrogens is 4. The van der Waals surface area contributed by atoms with Gasteiger partial charge in [0.1, 0.15) is 29.8 Å². The molecule has 2 unspecified atom stereocenters. The summed E-state index contributed by atoms with van der Waals surface area (Å²) in [6, 6.07) is 8.40. The van der Waals surface area contributed by atoms with Crippen LogP contribution in [-0.4, -0.2) is 67.6 Å². The molecule has 0 spiro atoms. The van der Waals surface area contributed by atoms with E-state index in [0.717, 1.165) is 5.56 Å². The van der Waals surface area contributed by atoms with Crippen LogP contribution in [0.1, 0.15) is 35.8 Å². The van der Waals surface area contributed by atoms with Gasteiger partial charge in [0, 0.05) is 23.5 Å². The first kappa shape index (κ1) is 28.6. The van der Waals surface area contributed by atoms with Crippen LogP contribution in [-0.2, 0) is 6.42 Å².